The lowest BCUT2D eigenvalue weighted by Gasteiger charge is -2.12. The Morgan fingerprint density at radius 1 is 0.846 bits per heavy atom. The molecule has 2 rings (SSSR count). The minimum atomic E-state index is -0.272. The lowest BCUT2D eigenvalue weighted by Crippen LogP contribution is -2.34. The summed E-state index contributed by atoms with van der Waals surface area (Å²) in [6, 6.07) is 14.3. The Balaban J connectivity index is 1.91. The number of hydrogen-bond donors (Lipinski definition) is 4. The van der Waals surface area contributed by atoms with Crippen molar-refractivity contribution in [2.75, 3.05) is 10.6 Å². The van der Waals surface area contributed by atoms with Gasteiger partial charge in [-0.05, 0) is 83.4 Å². The number of hydrogen-bond acceptors (Lipinski definition) is 4. The topological polar surface area (TPSA) is 82.3 Å². The SMILES string of the molecule is CC(=O)NC(=S)Nc1ccc(NC(=S)NC(=O)c2ccccc2I)cc1. The third kappa shape index (κ3) is 6.32. The summed E-state index contributed by atoms with van der Waals surface area (Å²) in [6.07, 6.45) is 0. The molecule has 26 heavy (non-hydrogen) atoms. The molecule has 6 nitrogen and oxygen atoms in total. The van der Waals surface area contributed by atoms with Gasteiger partial charge in [0.25, 0.3) is 5.91 Å². The van der Waals surface area contributed by atoms with E-state index in [1.54, 1.807) is 36.4 Å². The molecule has 2 aromatic rings. The van der Waals surface area contributed by atoms with E-state index in [2.05, 4.69) is 43.9 Å². The van der Waals surface area contributed by atoms with Crippen LogP contribution in [0.3, 0.4) is 0 Å². The molecule has 2 amide bonds. The first-order valence-electron chi connectivity index (χ1n) is 7.40. The molecule has 9 heteroatoms. The lowest BCUT2D eigenvalue weighted by atomic mass is 10.2. The van der Waals surface area contributed by atoms with Crippen LogP contribution in [0.15, 0.2) is 48.5 Å². The molecule has 4 N–H and O–H groups in total. The van der Waals surface area contributed by atoms with Gasteiger partial charge in [0.1, 0.15) is 0 Å². The fraction of sp³-hybridized carbons (Fsp3) is 0.0588. The predicted octanol–water partition coefficient (Wildman–Crippen LogP) is 3.25. The first-order chi connectivity index (χ1) is 12.3. The molecule has 0 bridgehead atoms. The number of amides is 2. The van der Waals surface area contributed by atoms with Crippen molar-refractivity contribution in [1.82, 2.24) is 10.6 Å². The zero-order chi connectivity index (χ0) is 19.1. The molecule has 0 saturated carbocycles. The number of carbonyl (C=O) groups is 2. The van der Waals surface area contributed by atoms with Crippen LogP contribution in [0.1, 0.15) is 17.3 Å². The van der Waals surface area contributed by atoms with Crippen molar-refractivity contribution < 1.29 is 9.59 Å². The van der Waals surface area contributed by atoms with Crippen LogP contribution >= 0.6 is 47.0 Å². The smallest absolute Gasteiger partial charge is 0.258 e. The van der Waals surface area contributed by atoms with E-state index >= 15 is 0 Å². The zero-order valence-corrected chi connectivity index (χ0v) is 17.4. The number of halogens is 1. The molecule has 0 aromatic heterocycles. The lowest BCUT2D eigenvalue weighted by molar-refractivity contribution is -0.117. The predicted molar refractivity (Wildman–Crippen MR) is 119 cm³/mol. The van der Waals surface area contributed by atoms with E-state index in [0.29, 0.717) is 16.9 Å². The van der Waals surface area contributed by atoms with E-state index in [9.17, 15) is 9.59 Å². The second kappa shape index (κ2) is 9.55. The van der Waals surface area contributed by atoms with Crippen molar-refractivity contribution in [1.29, 1.82) is 0 Å². The maximum absolute atomic E-state index is 12.2. The minimum Gasteiger partial charge on any atom is -0.332 e. The van der Waals surface area contributed by atoms with Crippen molar-refractivity contribution in [3.05, 3.63) is 57.7 Å². The van der Waals surface area contributed by atoms with Gasteiger partial charge in [0.2, 0.25) is 5.91 Å². The van der Waals surface area contributed by atoms with E-state index in [1.165, 1.54) is 6.92 Å². The molecule has 0 aliphatic rings. The highest BCUT2D eigenvalue weighted by Crippen LogP contribution is 2.14. The monoisotopic (exact) mass is 498 g/mol. The second-order valence-corrected chi connectivity index (χ2v) is 7.08. The summed E-state index contributed by atoms with van der Waals surface area (Å²) < 4.78 is 0.843. The van der Waals surface area contributed by atoms with Crippen molar-refractivity contribution in [3.63, 3.8) is 0 Å². The summed E-state index contributed by atoms with van der Waals surface area (Å²) >= 11 is 12.3. The van der Waals surface area contributed by atoms with Crippen molar-refractivity contribution in [2.24, 2.45) is 0 Å². The summed E-state index contributed by atoms with van der Waals surface area (Å²) in [5, 5.41) is 11.4. The molecule has 0 spiro atoms. The average Bonchev–Trinajstić information content (AvgIpc) is 2.56. The van der Waals surface area contributed by atoms with Crippen LogP contribution in [0.5, 0.6) is 0 Å². The third-order valence-electron chi connectivity index (χ3n) is 3.04. The van der Waals surface area contributed by atoms with Crippen LogP contribution in [-0.4, -0.2) is 22.0 Å². The quantitative estimate of drug-likeness (QED) is 0.385. The van der Waals surface area contributed by atoms with E-state index in [4.69, 9.17) is 24.4 Å². The van der Waals surface area contributed by atoms with Gasteiger partial charge in [-0.2, -0.15) is 0 Å². The Hall–Kier alpha value is -2.11. The number of anilines is 2. The molecule has 0 unspecified atom stereocenters. The van der Waals surface area contributed by atoms with Gasteiger partial charge < -0.3 is 16.0 Å². The summed E-state index contributed by atoms with van der Waals surface area (Å²) in [5.74, 6) is -0.513. The highest BCUT2D eigenvalue weighted by atomic mass is 127. The summed E-state index contributed by atoms with van der Waals surface area (Å²) in [7, 11) is 0. The number of nitrogens with one attached hydrogen (secondary N) is 4. The maximum Gasteiger partial charge on any atom is 0.258 e. The number of rotatable bonds is 3. The van der Waals surface area contributed by atoms with E-state index in [-0.39, 0.29) is 22.0 Å². The van der Waals surface area contributed by atoms with Gasteiger partial charge in [0, 0.05) is 21.9 Å². The van der Waals surface area contributed by atoms with Crippen LogP contribution in [0.2, 0.25) is 0 Å². The van der Waals surface area contributed by atoms with Crippen LogP contribution < -0.4 is 21.3 Å². The van der Waals surface area contributed by atoms with Crippen molar-refractivity contribution in [2.45, 2.75) is 6.92 Å². The maximum atomic E-state index is 12.2. The molecule has 0 atom stereocenters. The van der Waals surface area contributed by atoms with Gasteiger partial charge in [-0.3, -0.25) is 14.9 Å². The summed E-state index contributed by atoms with van der Waals surface area (Å²) in [6.45, 7) is 1.38. The Kier molecular flexibility index (Phi) is 7.42. The fourth-order valence-corrected chi connectivity index (χ4v) is 3.04. The zero-order valence-electron chi connectivity index (χ0n) is 13.6. The Morgan fingerprint density at radius 2 is 1.35 bits per heavy atom. The third-order valence-corrected chi connectivity index (χ3v) is 4.38. The van der Waals surface area contributed by atoms with Crippen LogP contribution in [-0.2, 0) is 4.79 Å². The van der Waals surface area contributed by atoms with Gasteiger partial charge in [-0.15, -0.1) is 0 Å². The molecule has 0 heterocycles. The van der Waals surface area contributed by atoms with E-state index in [0.717, 1.165) is 3.57 Å². The standard InChI is InChI=1S/C17H15IN4O2S2/c1-10(23)19-16(25)20-11-6-8-12(9-7-11)21-17(26)22-15(24)13-4-2-3-5-14(13)18/h2-9H,1H3,(H2,19,20,23,25)(H2,21,22,24,26). The first kappa shape index (κ1) is 20.2. The largest absolute Gasteiger partial charge is 0.332 e. The molecule has 0 aliphatic heterocycles. The normalized spacial score (nSPS) is 9.77. The van der Waals surface area contributed by atoms with E-state index < -0.39 is 0 Å². The van der Waals surface area contributed by atoms with Crippen molar-refractivity contribution in [3.8, 4) is 0 Å². The van der Waals surface area contributed by atoms with Crippen molar-refractivity contribution >= 4 is 80.4 Å². The summed E-state index contributed by atoms with van der Waals surface area (Å²) in [5.41, 5.74) is 1.97. The Bertz CT molecular complexity index is 856. The van der Waals surface area contributed by atoms with Crippen LogP contribution in [0, 0.1) is 3.57 Å². The van der Waals surface area contributed by atoms with Gasteiger partial charge in [-0.25, -0.2) is 0 Å². The molecule has 0 fully saturated rings. The number of carbonyl (C=O) groups excluding carboxylic acids is 2. The van der Waals surface area contributed by atoms with Gasteiger partial charge >= 0.3 is 0 Å². The molecule has 2 aromatic carbocycles. The molecule has 0 radical (unpaired) electrons. The van der Waals surface area contributed by atoms with Gasteiger partial charge in [0.05, 0.1) is 5.56 Å². The van der Waals surface area contributed by atoms with Crippen LogP contribution in [0.25, 0.3) is 0 Å². The van der Waals surface area contributed by atoms with Gasteiger partial charge in [0.15, 0.2) is 10.2 Å². The summed E-state index contributed by atoms with van der Waals surface area (Å²) in [4.78, 5) is 23.2. The van der Waals surface area contributed by atoms with E-state index in [1.807, 2.05) is 12.1 Å². The number of thiocarbonyl (C=S) groups is 2. The first-order valence-corrected chi connectivity index (χ1v) is 9.30. The second-order valence-electron chi connectivity index (χ2n) is 5.10. The molecular formula is C17H15IN4O2S2. The average molecular weight is 498 g/mol. The van der Waals surface area contributed by atoms with Crippen LogP contribution in [0.4, 0.5) is 11.4 Å². The number of benzene rings is 2. The molecule has 0 aliphatic carbocycles. The minimum absolute atomic E-state index is 0.198. The van der Waals surface area contributed by atoms with Gasteiger partial charge in [-0.1, -0.05) is 12.1 Å². The fourth-order valence-electron chi connectivity index (χ4n) is 1.94. The highest BCUT2D eigenvalue weighted by molar-refractivity contribution is 14.1. The molecule has 0 saturated heterocycles. The highest BCUT2D eigenvalue weighted by Gasteiger charge is 2.10. The molecular weight excluding hydrogens is 483 g/mol. The Labute approximate surface area is 175 Å². The molecule has 134 valence electrons. The Morgan fingerprint density at radius 3 is 1.85 bits per heavy atom.